The molecule has 0 aromatic rings. The lowest BCUT2D eigenvalue weighted by molar-refractivity contribution is 0.0832. The van der Waals surface area contributed by atoms with Crippen LogP contribution in [0.15, 0.2) is 4.99 Å². The predicted molar refractivity (Wildman–Crippen MR) is 91.0 cm³/mol. The van der Waals surface area contributed by atoms with Gasteiger partial charge in [0, 0.05) is 39.3 Å². The van der Waals surface area contributed by atoms with Gasteiger partial charge in [-0.25, -0.2) is 0 Å². The van der Waals surface area contributed by atoms with Gasteiger partial charge in [-0.3, -0.25) is 14.8 Å². The number of hydrogen-bond donors (Lipinski definition) is 1. The van der Waals surface area contributed by atoms with Crippen molar-refractivity contribution in [3.05, 3.63) is 0 Å². The Kier molecular flexibility index (Phi) is 6.49. The Morgan fingerprint density at radius 3 is 2.48 bits per heavy atom. The second kappa shape index (κ2) is 8.14. The topological polar surface area (TPSA) is 30.9 Å². The second-order valence-electron chi connectivity index (χ2n) is 6.99. The van der Waals surface area contributed by atoms with Crippen LogP contribution >= 0.6 is 0 Å². The zero-order valence-corrected chi connectivity index (χ0v) is 14.4. The molecule has 2 heterocycles. The summed E-state index contributed by atoms with van der Waals surface area (Å²) in [4.78, 5) is 10.0. The fraction of sp³-hybridized carbons (Fsp3) is 0.941. The zero-order valence-electron chi connectivity index (χ0n) is 14.4. The minimum Gasteiger partial charge on any atom is -0.371 e. The monoisotopic (exact) mass is 294 g/mol. The van der Waals surface area contributed by atoms with Gasteiger partial charge in [0.05, 0.1) is 12.6 Å². The molecule has 0 bridgehead atoms. The Morgan fingerprint density at radius 1 is 1.14 bits per heavy atom. The molecule has 2 aliphatic rings. The molecule has 0 aromatic heterocycles. The highest BCUT2D eigenvalue weighted by molar-refractivity contribution is 5.89. The number of aliphatic imine (C=N–C) groups is 1. The molecule has 3 unspecified atom stereocenters. The molecule has 0 aliphatic carbocycles. The number of nitrogens with zero attached hydrogens (tertiary/aromatic N) is 3. The van der Waals surface area contributed by atoms with Crippen molar-refractivity contribution in [2.75, 3.05) is 45.8 Å². The van der Waals surface area contributed by atoms with Gasteiger partial charge in [0.15, 0.2) is 0 Å². The molecular formula is C17H34N4. The number of amidine groups is 1. The van der Waals surface area contributed by atoms with E-state index in [0.717, 1.165) is 31.5 Å². The molecule has 1 fully saturated rings. The van der Waals surface area contributed by atoms with Crippen LogP contribution in [-0.2, 0) is 0 Å². The van der Waals surface area contributed by atoms with Crippen LogP contribution in [-0.4, -0.2) is 67.5 Å². The van der Waals surface area contributed by atoms with Gasteiger partial charge in [0.1, 0.15) is 5.84 Å². The normalized spacial score (nSPS) is 27.2. The number of piperazine rings is 1. The van der Waals surface area contributed by atoms with E-state index in [1.807, 2.05) is 0 Å². The lowest BCUT2D eigenvalue weighted by atomic mass is 10.0. The summed E-state index contributed by atoms with van der Waals surface area (Å²) in [7, 11) is 0. The second-order valence-corrected chi connectivity index (χ2v) is 6.99. The fourth-order valence-corrected chi connectivity index (χ4v) is 3.26. The molecule has 2 rings (SSSR count). The average Bonchev–Trinajstić information content (AvgIpc) is 3.02. The van der Waals surface area contributed by atoms with E-state index in [1.165, 1.54) is 44.9 Å². The molecule has 4 heteroatoms. The van der Waals surface area contributed by atoms with Crippen molar-refractivity contribution >= 4 is 5.84 Å². The highest BCUT2D eigenvalue weighted by atomic mass is 15.3. The summed E-state index contributed by atoms with van der Waals surface area (Å²) in [6.45, 7) is 17.3. The molecule has 2 aliphatic heterocycles. The smallest absolute Gasteiger partial charge is 0.115 e. The van der Waals surface area contributed by atoms with E-state index in [4.69, 9.17) is 4.99 Å². The number of rotatable bonds is 7. The summed E-state index contributed by atoms with van der Waals surface area (Å²) in [5.41, 5.74) is 0. The van der Waals surface area contributed by atoms with Gasteiger partial charge in [-0.15, -0.1) is 0 Å². The third-order valence-corrected chi connectivity index (χ3v) is 5.10. The average molecular weight is 294 g/mol. The van der Waals surface area contributed by atoms with Crippen molar-refractivity contribution in [1.29, 1.82) is 0 Å². The summed E-state index contributed by atoms with van der Waals surface area (Å²) in [6, 6.07) is 0.485. The highest BCUT2D eigenvalue weighted by Crippen LogP contribution is 2.17. The van der Waals surface area contributed by atoms with Gasteiger partial charge >= 0.3 is 0 Å². The lowest BCUT2D eigenvalue weighted by Crippen LogP contribution is -2.59. The molecule has 4 nitrogen and oxygen atoms in total. The molecule has 1 N–H and O–H groups in total. The van der Waals surface area contributed by atoms with Gasteiger partial charge in [-0.1, -0.05) is 40.5 Å². The van der Waals surface area contributed by atoms with Crippen LogP contribution in [0.25, 0.3) is 0 Å². The molecule has 0 aromatic carbocycles. The Bertz CT molecular complexity index is 342. The van der Waals surface area contributed by atoms with E-state index in [9.17, 15) is 0 Å². The van der Waals surface area contributed by atoms with Crippen molar-refractivity contribution in [3.63, 3.8) is 0 Å². The molecule has 0 radical (unpaired) electrons. The Balaban J connectivity index is 1.99. The Hall–Kier alpha value is -0.610. The van der Waals surface area contributed by atoms with E-state index in [-0.39, 0.29) is 0 Å². The van der Waals surface area contributed by atoms with Crippen molar-refractivity contribution in [1.82, 2.24) is 15.1 Å². The third kappa shape index (κ3) is 4.68. The van der Waals surface area contributed by atoms with Crippen molar-refractivity contribution in [2.45, 2.75) is 46.6 Å². The zero-order chi connectivity index (χ0) is 15.2. The maximum Gasteiger partial charge on any atom is 0.115 e. The maximum absolute atomic E-state index is 4.71. The first-order valence-corrected chi connectivity index (χ1v) is 8.88. The summed E-state index contributed by atoms with van der Waals surface area (Å²) < 4.78 is 0. The largest absolute Gasteiger partial charge is 0.371 e. The molecular weight excluding hydrogens is 260 g/mol. The molecule has 0 saturated carbocycles. The Morgan fingerprint density at radius 2 is 1.86 bits per heavy atom. The summed E-state index contributed by atoms with van der Waals surface area (Å²) in [5.74, 6) is 2.81. The highest BCUT2D eigenvalue weighted by Gasteiger charge is 2.32. The standard InChI is InChI=1S/C17H34N4/c1-5-14(3)11-20-9-10-21(12-15(4)6-2)16(13-20)17-18-7-8-19-17/h14-16H,5-13H2,1-4H3,(H,18,19). The van der Waals surface area contributed by atoms with Crippen LogP contribution in [0.3, 0.4) is 0 Å². The van der Waals surface area contributed by atoms with E-state index in [2.05, 4.69) is 42.8 Å². The van der Waals surface area contributed by atoms with E-state index >= 15 is 0 Å². The Labute approximate surface area is 131 Å². The van der Waals surface area contributed by atoms with Crippen molar-refractivity contribution in [2.24, 2.45) is 16.8 Å². The molecule has 3 atom stereocenters. The van der Waals surface area contributed by atoms with Crippen LogP contribution in [0.5, 0.6) is 0 Å². The summed E-state index contributed by atoms with van der Waals surface area (Å²) >= 11 is 0. The molecule has 21 heavy (non-hydrogen) atoms. The van der Waals surface area contributed by atoms with Gasteiger partial charge in [-0.05, 0) is 11.8 Å². The molecule has 0 spiro atoms. The SMILES string of the molecule is CCC(C)CN1CCN(CC(C)CC)C(C2=NCCN2)C1. The maximum atomic E-state index is 4.71. The van der Waals surface area contributed by atoms with Crippen molar-refractivity contribution < 1.29 is 0 Å². The van der Waals surface area contributed by atoms with E-state index in [1.54, 1.807) is 0 Å². The minimum atomic E-state index is 0.485. The van der Waals surface area contributed by atoms with Crippen LogP contribution in [0.1, 0.15) is 40.5 Å². The quantitative estimate of drug-likeness (QED) is 0.780. The molecule has 1 saturated heterocycles. The molecule has 122 valence electrons. The minimum absolute atomic E-state index is 0.485. The van der Waals surface area contributed by atoms with E-state index in [0.29, 0.717) is 6.04 Å². The summed E-state index contributed by atoms with van der Waals surface area (Å²) in [6.07, 6.45) is 2.54. The number of hydrogen-bond acceptors (Lipinski definition) is 4. The van der Waals surface area contributed by atoms with Gasteiger partial charge in [0.2, 0.25) is 0 Å². The first kappa shape index (κ1) is 16.8. The van der Waals surface area contributed by atoms with Crippen LogP contribution in [0.2, 0.25) is 0 Å². The van der Waals surface area contributed by atoms with Crippen LogP contribution < -0.4 is 5.32 Å². The molecule has 0 amide bonds. The van der Waals surface area contributed by atoms with E-state index < -0.39 is 0 Å². The third-order valence-electron chi connectivity index (χ3n) is 5.10. The van der Waals surface area contributed by atoms with Gasteiger partial charge < -0.3 is 5.32 Å². The fourth-order valence-electron chi connectivity index (χ4n) is 3.26. The first-order chi connectivity index (χ1) is 10.1. The lowest BCUT2D eigenvalue weighted by Gasteiger charge is -2.43. The van der Waals surface area contributed by atoms with Crippen LogP contribution in [0.4, 0.5) is 0 Å². The first-order valence-electron chi connectivity index (χ1n) is 8.88. The van der Waals surface area contributed by atoms with Crippen LogP contribution in [0, 0.1) is 11.8 Å². The summed E-state index contributed by atoms with van der Waals surface area (Å²) in [5, 5.41) is 3.52. The number of nitrogens with one attached hydrogen (secondary N) is 1. The van der Waals surface area contributed by atoms with Gasteiger partial charge in [0.25, 0.3) is 0 Å². The predicted octanol–water partition coefficient (Wildman–Crippen LogP) is 2.07. The van der Waals surface area contributed by atoms with Gasteiger partial charge in [-0.2, -0.15) is 0 Å². The van der Waals surface area contributed by atoms with Crippen molar-refractivity contribution in [3.8, 4) is 0 Å².